The lowest BCUT2D eigenvalue weighted by molar-refractivity contribution is -0.146. The molecule has 0 aromatic rings. The van der Waals surface area contributed by atoms with Crippen LogP contribution in [0.4, 0.5) is 0 Å². The zero-order chi connectivity index (χ0) is 13.0. The van der Waals surface area contributed by atoms with E-state index in [-0.39, 0.29) is 12.0 Å². The fourth-order valence-electron chi connectivity index (χ4n) is 2.38. The van der Waals surface area contributed by atoms with Crippen LogP contribution in [0.5, 0.6) is 0 Å². The van der Waals surface area contributed by atoms with Gasteiger partial charge in [0.15, 0.2) is 0 Å². The predicted molar refractivity (Wildman–Crippen MR) is 68.7 cm³/mol. The molecule has 0 aromatic carbocycles. The molecule has 2 heterocycles. The third kappa shape index (κ3) is 3.17. The number of hydrogen-bond acceptors (Lipinski definition) is 4. The molecule has 102 valence electrons. The summed E-state index contributed by atoms with van der Waals surface area (Å²) in [6, 6.07) is 0. The maximum absolute atomic E-state index is 11.8. The third-order valence-corrected chi connectivity index (χ3v) is 4.72. The summed E-state index contributed by atoms with van der Waals surface area (Å²) in [6.45, 7) is 0.780. The second kappa shape index (κ2) is 5.93. The lowest BCUT2D eigenvalue weighted by atomic mass is 9.98. The number of amides is 1. The number of ether oxygens (including phenoxy) is 1. The Morgan fingerprint density at radius 3 is 2.89 bits per heavy atom. The summed E-state index contributed by atoms with van der Waals surface area (Å²) in [7, 11) is 0. The molecule has 5 nitrogen and oxygen atoms in total. The van der Waals surface area contributed by atoms with Gasteiger partial charge in [0.25, 0.3) is 0 Å². The molecule has 2 saturated heterocycles. The zero-order valence-electron chi connectivity index (χ0n) is 10.3. The number of thioether (sulfide) groups is 1. The highest BCUT2D eigenvalue weighted by Crippen LogP contribution is 2.28. The zero-order valence-corrected chi connectivity index (χ0v) is 11.1. The van der Waals surface area contributed by atoms with Crippen LogP contribution >= 0.6 is 11.8 Å². The second-order valence-corrected chi connectivity index (χ2v) is 6.02. The number of carboxylic acids is 1. The van der Waals surface area contributed by atoms with Crippen LogP contribution in [0.15, 0.2) is 0 Å². The Bertz CT molecular complexity index is 322. The van der Waals surface area contributed by atoms with Crippen molar-refractivity contribution in [2.24, 2.45) is 0 Å². The van der Waals surface area contributed by atoms with E-state index in [9.17, 15) is 14.7 Å². The lowest BCUT2D eigenvalue weighted by Gasteiger charge is -2.24. The minimum Gasteiger partial charge on any atom is -0.479 e. The van der Waals surface area contributed by atoms with Gasteiger partial charge in [-0.25, -0.2) is 4.79 Å². The second-order valence-electron chi connectivity index (χ2n) is 4.91. The SMILES string of the molecule is O=C(CC[C@@H]1CCCO1)N[C@@]1(C(=O)O)CCSC1. The standard InChI is InChI=1S/C12H19NO4S/c14-10(4-3-9-2-1-6-17-9)13-12(11(15)16)5-7-18-8-12/h9H,1-8H2,(H,13,14)(H,15,16)/t9-,12-/m0/s1. The molecule has 0 unspecified atom stereocenters. The Morgan fingerprint density at radius 1 is 1.50 bits per heavy atom. The Hall–Kier alpha value is -0.750. The number of carbonyl (C=O) groups is 2. The van der Waals surface area contributed by atoms with E-state index in [2.05, 4.69) is 5.32 Å². The van der Waals surface area contributed by atoms with Gasteiger partial charge >= 0.3 is 5.97 Å². The van der Waals surface area contributed by atoms with Crippen LogP contribution in [0.1, 0.15) is 32.1 Å². The molecule has 6 heteroatoms. The fourth-order valence-corrected chi connectivity index (χ4v) is 3.70. The summed E-state index contributed by atoms with van der Waals surface area (Å²) in [5.74, 6) is 0.167. The molecule has 2 fully saturated rings. The number of aliphatic carboxylic acids is 1. The Kier molecular flexibility index (Phi) is 4.50. The highest BCUT2D eigenvalue weighted by atomic mass is 32.2. The van der Waals surface area contributed by atoms with Gasteiger partial charge in [-0.1, -0.05) is 0 Å². The quantitative estimate of drug-likeness (QED) is 0.782. The van der Waals surface area contributed by atoms with Crippen LogP contribution in [0, 0.1) is 0 Å². The molecule has 18 heavy (non-hydrogen) atoms. The van der Waals surface area contributed by atoms with E-state index >= 15 is 0 Å². The molecule has 0 aromatic heterocycles. The van der Waals surface area contributed by atoms with Gasteiger partial charge < -0.3 is 15.2 Å². The van der Waals surface area contributed by atoms with Gasteiger partial charge in [0.2, 0.25) is 5.91 Å². The first kappa shape index (κ1) is 13.7. The Labute approximate surface area is 111 Å². The monoisotopic (exact) mass is 273 g/mol. The van der Waals surface area contributed by atoms with Gasteiger partial charge in [0.05, 0.1) is 6.10 Å². The van der Waals surface area contributed by atoms with Gasteiger partial charge in [-0.3, -0.25) is 4.79 Å². The van der Waals surface area contributed by atoms with E-state index in [0.29, 0.717) is 25.0 Å². The first-order chi connectivity index (χ1) is 8.62. The van der Waals surface area contributed by atoms with Crippen LogP contribution in [0.2, 0.25) is 0 Å². The van der Waals surface area contributed by atoms with Crippen LogP contribution < -0.4 is 5.32 Å². The van der Waals surface area contributed by atoms with E-state index < -0.39 is 11.5 Å². The molecule has 0 radical (unpaired) electrons. The average molecular weight is 273 g/mol. The van der Waals surface area contributed by atoms with Crippen LogP contribution in [0.25, 0.3) is 0 Å². The molecule has 2 aliphatic heterocycles. The number of carboxylic acid groups (broad SMARTS) is 1. The van der Waals surface area contributed by atoms with Gasteiger partial charge in [0.1, 0.15) is 5.54 Å². The van der Waals surface area contributed by atoms with Crippen LogP contribution in [-0.2, 0) is 14.3 Å². The smallest absolute Gasteiger partial charge is 0.330 e. The normalized spacial score (nSPS) is 31.4. The third-order valence-electron chi connectivity index (χ3n) is 3.53. The summed E-state index contributed by atoms with van der Waals surface area (Å²) in [4.78, 5) is 23.1. The molecule has 2 aliphatic rings. The van der Waals surface area contributed by atoms with Crippen molar-refractivity contribution in [1.29, 1.82) is 0 Å². The van der Waals surface area contributed by atoms with Gasteiger partial charge in [-0.05, 0) is 31.4 Å². The van der Waals surface area contributed by atoms with Crippen molar-refractivity contribution in [3.63, 3.8) is 0 Å². The molecule has 2 N–H and O–H groups in total. The van der Waals surface area contributed by atoms with E-state index in [1.165, 1.54) is 0 Å². The minimum absolute atomic E-state index is 0.171. The summed E-state index contributed by atoms with van der Waals surface area (Å²) in [5, 5.41) is 11.9. The Morgan fingerprint density at radius 2 is 2.33 bits per heavy atom. The summed E-state index contributed by atoms with van der Waals surface area (Å²) in [5.41, 5.74) is -1.04. The number of nitrogens with one attached hydrogen (secondary N) is 1. The van der Waals surface area contributed by atoms with Gasteiger partial charge in [-0.15, -0.1) is 0 Å². The van der Waals surface area contributed by atoms with Crippen LogP contribution in [-0.4, -0.2) is 46.7 Å². The molecular weight excluding hydrogens is 254 g/mol. The topological polar surface area (TPSA) is 75.6 Å². The highest BCUT2D eigenvalue weighted by molar-refractivity contribution is 7.99. The number of carbonyl (C=O) groups excluding carboxylic acids is 1. The fraction of sp³-hybridized carbons (Fsp3) is 0.833. The maximum atomic E-state index is 11.8. The Balaban J connectivity index is 1.80. The molecule has 0 spiro atoms. The van der Waals surface area contributed by atoms with Crippen molar-refractivity contribution in [2.45, 2.75) is 43.7 Å². The van der Waals surface area contributed by atoms with Crippen molar-refractivity contribution in [2.75, 3.05) is 18.1 Å². The van der Waals surface area contributed by atoms with E-state index in [1.807, 2.05) is 0 Å². The molecule has 0 aliphatic carbocycles. The summed E-state index contributed by atoms with van der Waals surface area (Å²) >= 11 is 1.57. The van der Waals surface area contributed by atoms with Crippen molar-refractivity contribution in [3.05, 3.63) is 0 Å². The highest BCUT2D eigenvalue weighted by Gasteiger charge is 2.43. The summed E-state index contributed by atoms with van der Waals surface area (Å²) < 4.78 is 5.45. The van der Waals surface area contributed by atoms with Crippen molar-refractivity contribution < 1.29 is 19.4 Å². The summed E-state index contributed by atoms with van der Waals surface area (Å²) in [6.07, 6.45) is 3.79. The van der Waals surface area contributed by atoms with Gasteiger partial charge in [0, 0.05) is 18.8 Å². The largest absolute Gasteiger partial charge is 0.479 e. The molecule has 0 bridgehead atoms. The first-order valence-corrected chi connectivity index (χ1v) is 7.52. The van der Waals surface area contributed by atoms with Crippen molar-refractivity contribution in [1.82, 2.24) is 5.32 Å². The van der Waals surface area contributed by atoms with Crippen molar-refractivity contribution in [3.8, 4) is 0 Å². The minimum atomic E-state index is -1.04. The van der Waals surface area contributed by atoms with E-state index in [0.717, 1.165) is 25.2 Å². The number of rotatable bonds is 5. The lowest BCUT2D eigenvalue weighted by Crippen LogP contribution is -2.54. The van der Waals surface area contributed by atoms with Crippen molar-refractivity contribution >= 4 is 23.6 Å². The molecule has 2 rings (SSSR count). The first-order valence-electron chi connectivity index (χ1n) is 6.36. The van der Waals surface area contributed by atoms with Crippen LogP contribution in [0.3, 0.4) is 0 Å². The molecule has 1 amide bonds. The number of hydrogen-bond donors (Lipinski definition) is 2. The molecule has 0 saturated carbocycles. The maximum Gasteiger partial charge on any atom is 0.330 e. The van der Waals surface area contributed by atoms with E-state index in [1.54, 1.807) is 11.8 Å². The predicted octanol–water partition coefficient (Wildman–Crippen LogP) is 1.02. The van der Waals surface area contributed by atoms with Gasteiger partial charge in [-0.2, -0.15) is 11.8 Å². The molecule has 2 atom stereocenters. The molecular formula is C12H19NO4S. The van der Waals surface area contributed by atoms with E-state index in [4.69, 9.17) is 4.74 Å². The average Bonchev–Trinajstić information content (AvgIpc) is 2.97.